The van der Waals surface area contributed by atoms with E-state index in [1.165, 1.54) is 6.20 Å². The first-order chi connectivity index (χ1) is 9.97. The predicted octanol–water partition coefficient (Wildman–Crippen LogP) is 1.44. The van der Waals surface area contributed by atoms with Crippen LogP contribution in [0.15, 0.2) is 30.5 Å². The average Bonchev–Trinajstić information content (AvgIpc) is 2.77. The fraction of sp³-hybridized carbons (Fsp3) is 0.214. The molecule has 0 unspecified atom stereocenters. The molecule has 0 saturated carbocycles. The molecule has 0 aliphatic heterocycles. The maximum Gasteiger partial charge on any atom is 0.341 e. The molecule has 0 aliphatic carbocycles. The lowest BCUT2D eigenvalue weighted by atomic mass is 10.2. The number of aromatic nitrogens is 2. The summed E-state index contributed by atoms with van der Waals surface area (Å²) in [5.74, 6) is -0.968. The van der Waals surface area contributed by atoms with Crippen molar-refractivity contribution in [2.75, 3.05) is 11.9 Å². The van der Waals surface area contributed by atoms with Crippen LogP contribution in [-0.2, 0) is 11.8 Å². The van der Waals surface area contributed by atoms with Gasteiger partial charge in [-0.3, -0.25) is 9.48 Å². The maximum atomic E-state index is 12.1. The van der Waals surface area contributed by atoms with E-state index in [1.54, 1.807) is 42.9 Å². The minimum absolute atomic E-state index is 0.281. The molecule has 0 aliphatic rings. The molecule has 1 heterocycles. The number of hydrogen-bond acceptors (Lipinski definition) is 4. The summed E-state index contributed by atoms with van der Waals surface area (Å²) in [6.45, 7) is 1.37. The smallest absolute Gasteiger partial charge is 0.341 e. The second-order valence-corrected chi connectivity index (χ2v) is 4.43. The fourth-order valence-corrected chi connectivity index (χ4v) is 1.73. The highest BCUT2D eigenvalue weighted by molar-refractivity contribution is 6.04. The zero-order valence-electron chi connectivity index (χ0n) is 11.7. The van der Waals surface area contributed by atoms with E-state index in [-0.39, 0.29) is 5.91 Å². The third kappa shape index (κ3) is 3.59. The highest BCUT2D eigenvalue weighted by atomic mass is 16.5. The first-order valence-electron chi connectivity index (χ1n) is 6.22. The molecule has 21 heavy (non-hydrogen) atoms. The zero-order valence-corrected chi connectivity index (χ0v) is 11.7. The van der Waals surface area contributed by atoms with Crippen LogP contribution >= 0.6 is 0 Å². The van der Waals surface area contributed by atoms with E-state index in [0.717, 1.165) is 5.69 Å². The molecule has 7 heteroatoms. The number of nitrogens with one attached hydrogen (secondary N) is 1. The number of rotatable bonds is 5. The number of carbonyl (C=O) groups is 2. The SMILES string of the molecule is Cc1c(C(=O)Nc2cccc(OCC(=O)O)c2)cnn1C. The molecule has 7 nitrogen and oxygen atoms in total. The maximum absolute atomic E-state index is 12.1. The van der Waals surface area contributed by atoms with Crippen LogP contribution < -0.4 is 10.1 Å². The quantitative estimate of drug-likeness (QED) is 0.868. The minimum Gasteiger partial charge on any atom is -0.482 e. The minimum atomic E-state index is -1.06. The first-order valence-corrected chi connectivity index (χ1v) is 6.22. The summed E-state index contributed by atoms with van der Waals surface area (Å²) in [7, 11) is 1.76. The Balaban J connectivity index is 2.09. The fourth-order valence-electron chi connectivity index (χ4n) is 1.73. The van der Waals surface area contributed by atoms with E-state index in [2.05, 4.69) is 10.4 Å². The van der Waals surface area contributed by atoms with E-state index >= 15 is 0 Å². The van der Waals surface area contributed by atoms with Crippen molar-refractivity contribution in [1.82, 2.24) is 9.78 Å². The lowest BCUT2D eigenvalue weighted by Crippen LogP contribution is -2.13. The van der Waals surface area contributed by atoms with Gasteiger partial charge in [0.25, 0.3) is 5.91 Å². The molecular formula is C14H15N3O4. The Bertz CT molecular complexity index is 679. The molecule has 0 bridgehead atoms. The first kappa shape index (κ1) is 14.6. The Morgan fingerprint density at radius 1 is 1.43 bits per heavy atom. The van der Waals surface area contributed by atoms with Crippen LogP contribution in [-0.4, -0.2) is 33.4 Å². The number of benzene rings is 1. The molecule has 2 aromatic rings. The number of carboxylic acids is 1. The lowest BCUT2D eigenvalue weighted by molar-refractivity contribution is -0.139. The van der Waals surface area contributed by atoms with Crippen molar-refractivity contribution >= 4 is 17.6 Å². The van der Waals surface area contributed by atoms with Gasteiger partial charge in [0.1, 0.15) is 5.75 Å². The standard InChI is InChI=1S/C14H15N3O4/c1-9-12(7-15-17(9)2)14(20)16-10-4-3-5-11(6-10)21-8-13(18)19/h3-7H,8H2,1-2H3,(H,16,20)(H,18,19). The Morgan fingerprint density at radius 3 is 2.81 bits per heavy atom. The van der Waals surface area contributed by atoms with Crippen LogP contribution in [0.3, 0.4) is 0 Å². The summed E-state index contributed by atoms with van der Waals surface area (Å²) in [5, 5.41) is 15.3. The number of aryl methyl sites for hydroxylation is 1. The van der Waals surface area contributed by atoms with Gasteiger partial charge in [0.15, 0.2) is 6.61 Å². The van der Waals surface area contributed by atoms with Crippen LogP contribution in [0.2, 0.25) is 0 Å². The molecule has 2 N–H and O–H groups in total. The van der Waals surface area contributed by atoms with Crippen LogP contribution in [0.25, 0.3) is 0 Å². The molecule has 0 fully saturated rings. The van der Waals surface area contributed by atoms with Gasteiger partial charge in [0.2, 0.25) is 0 Å². The third-order valence-electron chi connectivity index (χ3n) is 2.93. The van der Waals surface area contributed by atoms with E-state index in [9.17, 15) is 9.59 Å². The molecule has 2 rings (SSSR count). The number of nitrogens with zero attached hydrogens (tertiary/aromatic N) is 2. The molecule has 110 valence electrons. The Hall–Kier alpha value is -2.83. The van der Waals surface area contributed by atoms with Crippen molar-refractivity contribution < 1.29 is 19.4 Å². The number of amides is 1. The van der Waals surface area contributed by atoms with E-state index in [1.807, 2.05) is 0 Å². The van der Waals surface area contributed by atoms with Crippen molar-refractivity contribution in [2.24, 2.45) is 7.05 Å². The normalized spacial score (nSPS) is 10.2. The topological polar surface area (TPSA) is 93.4 Å². The third-order valence-corrected chi connectivity index (χ3v) is 2.93. The molecule has 0 spiro atoms. The molecule has 0 radical (unpaired) electrons. The van der Waals surface area contributed by atoms with Crippen LogP contribution in [0.5, 0.6) is 5.75 Å². The highest BCUT2D eigenvalue weighted by Crippen LogP contribution is 2.18. The molecule has 1 aromatic carbocycles. The van der Waals surface area contributed by atoms with Crippen LogP contribution in [0, 0.1) is 6.92 Å². The second-order valence-electron chi connectivity index (χ2n) is 4.43. The van der Waals surface area contributed by atoms with Gasteiger partial charge in [-0.1, -0.05) is 6.07 Å². The Labute approximate surface area is 121 Å². The number of aliphatic carboxylic acids is 1. The summed E-state index contributed by atoms with van der Waals surface area (Å²) in [6, 6.07) is 6.54. The molecular weight excluding hydrogens is 274 g/mol. The Morgan fingerprint density at radius 2 is 2.19 bits per heavy atom. The van der Waals surface area contributed by atoms with Gasteiger partial charge in [-0.25, -0.2) is 4.79 Å². The number of carbonyl (C=O) groups excluding carboxylic acids is 1. The van der Waals surface area contributed by atoms with Crippen LogP contribution in [0.4, 0.5) is 5.69 Å². The predicted molar refractivity (Wildman–Crippen MR) is 75.5 cm³/mol. The van der Waals surface area contributed by atoms with Crippen molar-refractivity contribution in [3.8, 4) is 5.75 Å². The number of hydrogen-bond donors (Lipinski definition) is 2. The Kier molecular flexibility index (Phi) is 4.22. The monoisotopic (exact) mass is 289 g/mol. The van der Waals surface area contributed by atoms with Gasteiger partial charge in [0, 0.05) is 24.5 Å². The van der Waals surface area contributed by atoms with E-state index in [0.29, 0.717) is 17.0 Å². The largest absolute Gasteiger partial charge is 0.482 e. The van der Waals surface area contributed by atoms with Crippen molar-refractivity contribution in [1.29, 1.82) is 0 Å². The van der Waals surface area contributed by atoms with Crippen molar-refractivity contribution in [2.45, 2.75) is 6.92 Å². The summed E-state index contributed by atoms with van der Waals surface area (Å²) in [4.78, 5) is 22.6. The van der Waals surface area contributed by atoms with Crippen molar-refractivity contribution in [3.63, 3.8) is 0 Å². The van der Waals surface area contributed by atoms with Crippen LogP contribution in [0.1, 0.15) is 16.1 Å². The molecule has 1 amide bonds. The highest BCUT2D eigenvalue weighted by Gasteiger charge is 2.13. The van der Waals surface area contributed by atoms with Gasteiger partial charge >= 0.3 is 5.97 Å². The molecule has 1 aromatic heterocycles. The summed E-state index contributed by atoms with van der Waals surface area (Å²) in [6.07, 6.45) is 1.50. The van der Waals surface area contributed by atoms with Gasteiger partial charge in [-0.15, -0.1) is 0 Å². The number of carboxylic acid groups (broad SMARTS) is 1. The van der Waals surface area contributed by atoms with Gasteiger partial charge in [-0.2, -0.15) is 5.10 Å². The average molecular weight is 289 g/mol. The lowest BCUT2D eigenvalue weighted by Gasteiger charge is -2.07. The second kappa shape index (κ2) is 6.08. The summed E-state index contributed by atoms with van der Waals surface area (Å²) >= 11 is 0. The van der Waals surface area contributed by atoms with E-state index < -0.39 is 12.6 Å². The van der Waals surface area contributed by atoms with E-state index in [4.69, 9.17) is 9.84 Å². The van der Waals surface area contributed by atoms with Gasteiger partial charge in [0.05, 0.1) is 11.8 Å². The van der Waals surface area contributed by atoms with Gasteiger partial charge < -0.3 is 15.2 Å². The summed E-state index contributed by atoms with van der Waals surface area (Å²) in [5.41, 5.74) is 1.76. The van der Waals surface area contributed by atoms with Gasteiger partial charge in [-0.05, 0) is 19.1 Å². The number of ether oxygens (including phenoxy) is 1. The zero-order chi connectivity index (χ0) is 15.4. The molecule has 0 atom stereocenters. The molecule has 0 saturated heterocycles. The van der Waals surface area contributed by atoms with Crippen molar-refractivity contribution in [3.05, 3.63) is 41.7 Å². The summed E-state index contributed by atoms with van der Waals surface area (Å²) < 4.78 is 6.67. The number of anilines is 1.